The molecule has 108 valence electrons. The maximum atomic E-state index is 6.01. The number of aryl methyl sites for hydroxylation is 1. The molecule has 0 spiro atoms. The van der Waals surface area contributed by atoms with Gasteiger partial charge in [-0.1, -0.05) is 17.7 Å². The second kappa shape index (κ2) is 6.81. The van der Waals surface area contributed by atoms with Crippen molar-refractivity contribution in [1.29, 1.82) is 0 Å². The third kappa shape index (κ3) is 3.77. The number of thiophene rings is 1. The quantitative estimate of drug-likeness (QED) is 0.695. The van der Waals surface area contributed by atoms with Gasteiger partial charge in [0.2, 0.25) is 0 Å². The Morgan fingerprint density at radius 3 is 2.90 bits per heavy atom. The van der Waals surface area contributed by atoms with E-state index >= 15 is 0 Å². The molecule has 0 saturated heterocycles. The fourth-order valence-corrected chi connectivity index (χ4v) is 2.92. The van der Waals surface area contributed by atoms with Crippen LogP contribution in [0.5, 0.6) is 0 Å². The standard InChI is InChI=1S/C14H19ClN4S/c1-16-14(17-8-13-5-4-6-20-13)19(3)10-12-7-11(15)9-18(12)2/h4-7,9H,8,10H2,1-3H3,(H,16,17). The van der Waals surface area contributed by atoms with E-state index in [9.17, 15) is 0 Å². The minimum atomic E-state index is 0.757. The Hall–Kier alpha value is -1.46. The van der Waals surface area contributed by atoms with E-state index in [4.69, 9.17) is 11.6 Å². The molecule has 0 bridgehead atoms. The molecule has 0 aliphatic rings. The zero-order chi connectivity index (χ0) is 14.5. The molecule has 2 aromatic rings. The number of guanidine groups is 1. The summed E-state index contributed by atoms with van der Waals surface area (Å²) in [5.74, 6) is 0.871. The Balaban J connectivity index is 1.95. The van der Waals surface area contributed by atoms with Gasteiger partial charge in [-0.3, -0.25) is 4.99 Å². The van der Waals surface area contributed by atoms with Gasteiger partial charge in [-0.15, -0.1) is 11.3 Å². The topological polar surface area (TPSA) is 32.6 Å². The summed E-state index contributed by atoms with van der Waals surface area (Å²) in [5, 5.41) is 6.20. The Labute approximate surface area is 128 Å². The number of hydrogen-bond acceptors (Lipinski definition) is 2. The lowest BCUT2D eigenvalue weighted by molar-refractivity contribution is 0.462. The Kier molecular flexibility index (Phi) is 5.09. The van der Waals surface area contributed by atoms with E-state index in [1.54, 1.807) is 18.4 Å². The highest BCUT2D eigenvalue weighted by molar-refractivity contribution is 7.09. The van der Waals surface area contributed by atoms with Crippen LogP contribution < -0.4 is 5.32 Å². The van der Waals surface area contributed by atoms with Crippen LogP contribution in [0.25, 0.3) is 0 Å². The van der Waals surface area contributed by atoms with Crippen molar-refractivity contribution in [3.05, 3.63) is 45.4 Å². The van der Waals surface area contributed by atoms with E-state index in [1.165, 1.54) is 4.88 Å². The van der Waals surface area contributed by atoms with Crippen molar-refractivity contribution in [3.63, 3.8) is 0 Å². The van der Waals surface area contributed by atoms with Crippen molar-refractivity contribution < 1.29 is 0 Å². The summed E-state index contributed by atoms with van der Waals surface area (Å²) >= 11 is 7.75. The number of halogens is 1. The number of rotatable bonds is 4. The predicted molar refractivity (Wildman–Crippen MR) is 86.4 cm³/mol. The van der Waals surface area contributed by atoms with E-state index in [-0.39, 0.29) is 0 Å². The van der Waals surface area contributed by atoms with Crippen LogP contribution in [0.15, 0.2) is 34.8 Å². The first-order valence-corrected chi connectivity index (χ1v) is 7.61. The van der Waals surface area contributed by atoms with Crippen LogP contribution in [0.1, 0.15) is 10.6 Å². The minimum absolute atomic E-state index is 0.757. The highest BCUT2D eigenvalue weighted by atomic mass is 35.5. The molecule has 0 unspecified atom stereocenters. The zero-order valence-corrected chi connectivity index (χ0v) is 13.5. The SMILES string of the molecule is CN=C(NCc1cccs1)N(C)Cc1cc(Cl)cn1C. The van der Waals surface area contributed by atoms with Crippen molar-refractivity contribution in [1.82, 2.24) is 14.8 Å². The lowest BCUT2D eigenvalue weighted by atomic mass is 10.4. The highest BCUT2D eigenvalue weighted by Crippen LogP contribution is 2.14. The van der Waals surface area contributed by atoms with Crippen molar-refractivity contribution >= 4 is 28.9 Å². The smallest absolute Gasteiger partial charge is 0.194 e. The van der Waals surface area contributed by atoms with E-state index in [2.05, 4.69) is 32.7 Å². The lowest BCUT2D eigenvalue weighted by Gasteiger charge is -2.22. The fourth-order valence-electron chi connectivity index (χ4n) is 2.01. The van der Waals surface area contributed by atoms with Gasteiger partial charge >= 0.3 is 0 Å². The molecule has 0 aliphatic carbocycles. The first-order valence-electron chi connectivity index (χ1n) is 6.35. The normalized spacial score (nSPS) is 11.7. The summed E-state index contributed by atoms with van der Waals surface area (Å²) in [6, 6.07) is 6.15. The van der Waals surface area contributed by atoms with Gasteiger partial charge in [0.05, 0.1) is 18.1 Å². The Morgan fingerprint density at radius 2 is 2.35 bits per heavy atom. The van der Waals surface area contributed by atoms with Crippen LogP contribution in [0.4, 0.5) is 0 Å². The second-order valence-corrected chi connectivity index (χ2v) is 6.07. The largest absolute Gasteiger partial charge is 0.351 e. The maximum absolute atomic E-state index is 6.01. The van der Waals surface area contributed by atoms with Crippen LogP contribution in [0.2, 0.25) is 5.02 Å². The van der Waals surface area contributed by atoms with Crippen molar-refractivity contribution in [3.8, 4) is 0 Å². The van der Waals surface area contributed by atoms with Crippen molar-refractivity contribution in [2.45, 2.75) is 13.1 Å². The van der Waals surface area contributed by atoms with Gasteiger partial charge in [0.1, 0.15) is 0 Å². The molecule has 2 aromatic heterocycles. The van der Waals surface area contributed by atoms with E-state index in [0.717, 1.165) is 29.8 Å². The van der Waals surface area contributed by atoms with E-state index in [1.807, 2.05) is 30.9 Å². The fraction of sp³-hybridized carbons (Fsp3) is 0.357. The summed E-state index contributed by atoms with van der Waals surface area (Å²) in [4.78, 5) is 7.69. The Morgan fingerprint density at radius 1 is 1.55 bits per heavy atom. The molecule has 6 heteroatoms. The van der Waals surface area contributed by atoms with Crippen LogP contribution in [-0.4, -0.2) is 29.5 Å². The van der Waals surface area contributed by atoms with Crippen LogP contribution in [0, 0.1) is 0 Å². The molecule has 0 aliphatic heterocycles. The first kappa shape index (κ1) is 14.9. The number of nitrogens with one attached hydrogen (secondary N) is 1. The predicted octanol–water partition coefficient (Wildman–Crippen LogP) is 2.95. The number of nitrogens with zero attached hydrogens (tertiary/aromatic N) is 3. The molecule has 0 amide bonds. The zero-order valence-electron chi connectivity index (χ0n) is 11.9. The third-order valence-electron chi connectivity index (χ3n) is 3.05. The van der Waals surface area contributed by atoms with Crippen LogP contribution in [-0.2, 0) is 20.1 Å². The lowest BCUT2D eigenvalue weighted by Crippen LogP contribution is -2.38. The van der Waals surface area contributed by atoms with Gasteiger partial charge in [-0.25, -0.2) is 0 Å². The van der Waals surface area contributed by atoms with Gasteiger partial charge in [-0.05, 0) is 17.5 Å². The van der Waals surface area contributed by atoms with Crippen LogP contribution >= 0.6 is 22.9 Å². The van der Waals surface area contributed by atoms with Gasteiger partial charge in [-0.2, -0.15) is 0 Å². The second-order valence-electron chi connectivity index (χ2n) is 4.60. The molecule has 0 saturated carbocycles. The van der Waals surface area contributed by atoms with Crippen molar-refractivity contribution in [2.75, 3.05) is 14.1 Å². The average Bonchev–Trinajstić information content (AvgIpc) is 3.01. The van der Waals surface area contributed by atoms with Crippen molar-refractivity contribution in [2.24, 2.45) is 12.0 Å². The van der Waals surface area contributed by atoms with Gasteiger partial charge < -0.3 is 14.8 Å². The van der Waals surface area contributed by atoms with Gasteiger partial charge in [0, 0.05) is 37.9 Å². The maximum Gasteiger partial charge on any atom is 0.194 e. The molecule has 0 fully saturated rings. The molecule has 0 atom stereocenters. The molecular weight excluding hydrogens is 292 g/mol. The number of aromatic nitrogens is 1. The number of aliphatic imine (C=N–C) groups is 1. The summed E-state index contributed by atoms with van der Waals surface area (Å²) in [7, 11) is 5.81. The highest BCUT2D eigenvalue weighted by Gasteiger charge is 2.09. The summed E-state index contributed by atoms with van der Waals surface area (Å²) in [5.41, 5.74) is 1.15. The van der Waals surface area contributed by atoms with Gasteiger partial charge in [0.25, 0.3) is 0 Å². The summed E-state index contributed by atoms with van der Waals surface area (Å²) in [6.07, 6.45) is 1.91. The van der Waals surface area contributed by atoms with E-state index in [0.29, 0.717) is 0 Å². The summed E-state index contributed by atoms with van der Waals surface area (Å²) < 4.78 is 2.03. The monoisotopic (exact) mass is 310 g/mol. The molecule has 2 rings (SSSR count). The number of hydrogen-bond donors (Lipinski definition) is 1. The third-order valence-corrected chi connectivity index (χ3v) is 4.13. The molecule has 20 heavy (non-hydrogen) atoms. The molecule has 2 heterocycles. The van der Waals surface area contributed by atoms with E-state index < -0.39 is 0 Å². The van der Waals surface area contributed by atoms with Gasteiger partial charge in [0.15, 0.2) is 5.96 Å². The molecule has 0 aromatic carbocycles. The minimum Gasteiger partial charge on any atom is -0.351 e. The molecule has 0 radical (unpaired) electrons. The average molecular weight is 311 g/mol. The first-order chi connectivity index (χ1) is 9.60. The Bertz CT molecular complexity index is 574. The molecule has 1 N–H and O–H groups in total. The summed E-state index contributed by atoms with van der Waals surface area (Å²) in [6.45, 7) is 1.55. The molecule has 4 nitrogen and oxygen atoms in total. The molecular formula is C14H19ClN4S. The van der Waals surface area contributed by atoms with Crippen LogP contribution in [0.3, 0.4) is 0 Å².